The molecule has 2 aromatic rings. The second-order valence-electron chi connectivity index (χ2n) is 8.76. The van der Waals surface area contributed by atoms with Gasteiger partial charge >= 0.3 is 12.1 Å². The Labute approximate surface area is 221 Å². The lowest BCUT2D eigenvalue weighted by atomic mass is 9.89. The summed E-state index contributed by atoms with van der Waals surface area (Å²) < 4.78 is 31.7. The molecule has 0 radical (unpaired) electrons. The maximum Gasteiger partial charge on any atom is 0.490 e. The number of guanidine groups is 1. The first-order valence-corrected chi connectivity index (χ1v) is 11.9. The van der Waals surface area contributed by atoms with Gasteiger partial charge in [0.2, 0.25) is 11.9 Å². The molecule has 4 rings (SSSR count). The zero-order valence-electron chi connectivity index (χ0n) is 20.6. The molecule has 39 heavy (non-hydrogen) atoms. The molecule has 0 bridgehead atoms. The van der Waals surface area contributed by atoms with E-state index in [1.54, 1.807) is 12.1 Å². The topological polar surface area (TPSA) is 181 Å². The van der Waals surface area contributed by atoms with Crippen LogP contribution in [0.3, 0.4) is 0 Å². The van der Waals surface area contributed by atoms with Gasteiger partial charge in [0.15, 0.2) is 5.60 Å². The first-order chi connectivity index (χ1) is 18.4. The van der Waals surface area contributed by atoms with Crippen molar-refractivity contribution in [3.05, 3.63) is 59.7 Å². The van der Waals surface area contributed by atoms with Gasteiger partial charge < -0.3 is 36.7 Å². The maximum atomic E-state index is 13.7. The molecule has 2 amide bonds. The van der Waals surface area contributed by atoms with Crippen molar-refractivity contribution in [1.82, 2.24) is 10.2 Å². The normalized spacial score (nSPS) is 16.7. The average Bonchev–Trinajstić information content (AvgIpc) is 3.48. The molecule has 1 aliphatic carbocycles. The van der Waals surface area contributed by atoms with Gasteiger partial charge in [-0.2, -0.15) is 13.2 Å². The summed E-state index contributed by atoms with van der Waals surface area (Å²) in [4.78, 5) is 41.8. The van der Waals surface area contributed by atoms with Crippen molar-refractivity contribution in [3.63, 3.8) is 0 Å². The zero-order valence-corrected chi connectivity index (χ0v) is 20.6. The summed E-state index contributed by atoms with van der Waals surface area (Å²) in [7, 11) is 0. The molecule has 0 aromatic heterocycles. The highest BCUT2D eigenvalue weighted by Gasteiger charge is 2.52. The van der Waals surface area contributed by atoms with E-state index in [2.05, 4.69) is 10.5 Å². The van der Waals surface area contributed by atoms with Gasteiger partial charge in [0.05, 0.1) is 0 Å². The summed E-state index contributed by atoms with van der Waals surface area (Å²) in [6.45, 7) is 1.02. The third-order valence-corrected chi connectivity index (χ3v) is 6.17. The smallest absolute Gasteiger partial charge is 0.475 e. The average molecular weight is 552 g/mol. The number of nitrogens with two attached hydrogens (primary N) is 2. The molecule has 2 aliphatic rings. The van der Waals surface area contributed by atoms with Gasteiger partial charge in [0.25, 0.3) is 5.91 Å². The van der Waals surface area contributed by atoms with Crippen molar-refractivity contribution in [3.8, 4) is 11.1 Å². The highest BCUT2D eigenvalue weighted by molar-refractivity contribution is 6.00. The van der Waals surface area contributed by atoms with Crippen molar-refractivity contribution >= 4 is 23.7 Å². The summed E-state index contributed by atoms with van der Waals surface area (Å²) in [6.07, 6.45) is -3.34. The molecule has 0 spiro atoms. The number of likely N-dealkylation sites (tertiary alicyclic amines) is 1. The number of rotatable bonds is 7. The third-order valence-electron chi connectivity index (χ3n) is 6.17. The Hall–Kier alpha value is -4.33. The number of aliphatic hydroxyl groups is 1. The van der Waals surface area contributed by atoms with Crippen molar-refractivity contribution in [2.24, 2.45) is 16.6 Å². The van der Waals surface area contributed by atoms with Crippen LogP contribution in [-0.4, -0.2) is 70.8 Å². The fourth-order valence-corrected chi connectivity index (χ4v) is 4.52. The van der Waals surface area contributed by atoms with E-state index in [9.17, 15) is 27.9 Å². The van der Waals surface area contributed by atoms with E-state index in [0.717, 1.165) is 11.1 Å². The Morgan fingerprint density at radius 3 is 2.13 bits per heavy atom. The van der Waals surface area contributed by atoms with Crippen LogP contribution in [0.25, 0.3) is 11.1 Å². The van der Waals surface area contributed by atoms with Gasteiger partial charge in [-0.3, -0.25) is 9.59 Å². The molecule has 1 aliphatic heterocycles. The molecular weight excluding hydrogens is 523 g/mol. The molecule has 11 nitrogen and oxygen atoms in total. The molecule has 2 aromatic carbocycles. The van der Waals surface area contributed by atoms with Crippen molar-refractivity contribution in [2.75, 3.05) is 19.7 Å². The van der Waals surface area contributed by atoms with E-state index in [1.165, 1.54) is 4.90 Å². The fourth-order valence-electron chi connectivity index (χ4n) is 4.52. The number of amides is 2. The molecule has 14 heteroatoms. The van der Waals surface area contributed by atoms with Gasteiger partial charge in [-0.05, 0) is 29.1 Å². The molecular formula is C25H28F3N5O6. The van der Waals surface area contributed by atoms with Gasteiger partial charge in [-0.1, -0.05) is 48.5 Å². The fraction of sp³-hybridized carbons (Fsp3) is 0.360. The van der Waals surface area contributed by atoms with Crippen LogP contribution in [0.1, 0.15) is 30.4 Å². The molecule has 1 heterocycles. The van der Waals surface area contributed by atoms with Crippen LogP contribution in [0.5, 0.6) is 0 Å². The Morgan fingerprint density at radius 2 is 1.62 bits per heavy atom. The SMILES string of the molecule is NC(N)=NOCCCNC(=O)[C@@H]1CCCN1C(=O)C1(O)c2ccccc2-c2ccccc21.O=C(O)C(F)(F)F. The number of alkyl halides is 3. The van der Waals surface area contributed by atoms with E-state index in [4.69, 9.17) is 26.2 Å². The van der Waals surface area contributed by atoms with Gasteiger partial charge in [0, 0.05) is 30.6 Å². The number of fused-ring (bicyclic) bond motifs is 3. The molecule has 7 N–H and O–H groups in total. The van der Waals surface area contributed by atoms with Crippen LogP contribution in [-0.2, 0) is 24.8 Å². The summed E-state index contributed by atoms with van der Waals surface area (Å²) in [6, 6.07) is 14.1. The Bertz CT molecular complexity index is 1200. The highest BCUT2D eigenvalue weighted by Crippen LogP contribution is 2.48. The number of carboxylic acids is 1. The summed E-state index contributed by atoms with van der Waals surface area (Å²) in [5.41, 5.74) is 11.3. The third kappa shape index (κ3) is 6.39. The number of halogens is 3. The summed E-state index contributed by atoms with van der Waals surface area (Å²) in [5, 5.41) is 25.1. The van der Waals surface area contributed by atoms with Crippen molar-refractivity contribution in [2.45, 2.75) is 37.1 Å². The largest absolute Gasteiger partial charge is 0.490 e. The number of benzene rings is 2. The van der Waals surface area contributed by atoms with E-state index >= 15 is 0 Å². The standard InChI is InChI=1S/C23H27N5O4.C2HF3O2/c24-22(25)27-32-14-6-12-26-20(29)19-11-5-13-28(19)21(30)23(31)17-9-3-1-7-15(17)16-8-2-4-10-18(16)23;3-2(4,5)1(6)7/h1-4,7-10,19,31H,5-6,11-14H2,(H,26,29)(H4,24,25,27);(H,6,7)/t19-;/m0./s1. The first kappa shape index (κ1) is 29.2. The Kier molecular flexibility index (Phi) is 9.01. The second-order valence-corrected chi connectivity index (χ2v) is 8.76. The van der Waals surface area contributed by atoms with Crippen LogP contribution in [0, 0.1) is 0 Å². The summed E-state index contributed by atoms with van der Waals surface area (Å²) >= 11 is 0. The van der Waals surface area contributed by atoms with Crippen molar-refractivity contribution in [1.29, 1.82) is 0 Å². The number of carbonyl (C=O) groups excluding carboxylic acids is 2. The lowest BCUT2D eigenvalue weighted by Gasteiger charge is -2.32. The first-order valence-electron chi connectivity index (χ1n) is 11.9. The Morgan fingerprint density at radius 1 is 1.08 bits per heavy atom. The molecule has 1 saturated heterocycles. The van der Waals surface area contributed by atoms with Crippen LogP contribution >= 0.6 is 0 Å². The van der Waals surface area contributed by atoms with Gasteiger partial charge in [0.1, 0.15) is 12.6 Å². The number of nitrogens with zero attached hydrogens (tertiary/aromatic N) is 2. The number of carbonyl (C=O) groups is 3. The predicted molar refractivity (Wildman–Crippen MR) is 133 cm³/mol. The summed E-state index contributed by atoms with van der Waals surface area (Å²) in [5.74, 6) is -3.64. The minimum atomic E-state index is -5.08. The van der Waals surface area contributed by atoms with Gasteiger partial charge in [-0.15, -0.1) is 0 Å². The molecule has 1 atom stereocenters. The number of hydrogen-bond donors (Lipinski definition) is 5. The number of oxime groups is 1. The number of carboxylic acid groups (broad SMARTS) is 1. The number of hydrogen-bond acceptors (Lipinski definition) is 6. The molecule has 0 unspecified atom stereocenters. The lowest BCUT2D eigenvalue weighted by molar-refractivity contribution is -0.192. The molecule has 210 valence electrons. The van der Waals surface area contributed by atoms with Crippen LogP contribution in [0.4, 0.5) is 13.2 Å². The minimum absolute atomic E-state index is 0.165. The molecule has 1 fully saturated rings. The van der Waals surface area contributed by atoms with Crippen LogP contribution < -0.4 is 16.8 Å². The zero-order chi connectivity index (χ0) is 28.8. The number of nitrogens with one attached hydrogen (secondary N) is 1. The second kappa shape index (κ2) is 12.0. The van der Waals surface area contributed by atoms with Gasteiger partial charge in [-0.25, -0.2) is 4.79 Å². The molecule has 0 saturated carbocycles. The predicted octanol–water partition coefficient (Wildman–Crippen LogP) is 1.24. The van der Waals surface area contributed by atoms with E-state index in [-0.39, 0.29) is 18.5 Å². The number of aliphatic carboxylic acids is 1. The van der Waals surface area contributed by atoms with E-state index in [1.807, 2.05) is 36.4 Å². The van der Waals surface area contributed by atoms with Crippen molar-refractivity contribution < 1.29 is 42.6 Å². The van der Waals surface area contributed by atoms with E-state index in [0.29, 0.717) is 43.5 Å². The van der Waals surface area contributed by atoms with E-state index < -0.39 is 29.7 Å². The Balaban J connectivity index is 0.000000532. The quantitative estimate of drug-likeness (QED) is 0.147. The minimum Gasteiger partial charge on any atom is -0.475 e. The highest BCUT2D eigenvalue weighted by atomic mass is 19.4. The lowest BCUT2D eigenvalue weighted by Crippen LogP contribution is -2.53. The maximum absolute atomic E-state index is 13.7. The monoisotopic (exact) mass is 551 g/mol. The van der Waals surface area contributed by atoms with Crippen LogP contribution in [0.2, 0.25) is 0 Å². The van der Waals surface area contributed by atoms with Crippen LogP contribution in [0.15, 0.2) is 53.7 Å².